The first-order chi connectivity index (χ1) is 8.82. The second kappa shape index (κ2) is 5.52. The van der Waals surface area contributed by atoms with Crippen LogP contribution in [0.2, 0.25) is 0 Å². The molecule has 1 unspecified atom stereocenters. The van der Waals surface area contributed by atoms with E-state index in [2.05, 4.69) is 0 Å². The highest BCUT2D eigenvalue weighted by Crippen LogP contribution is 2.30. The molecule has 1 fully saturated rings. The molecule has 0 bridgehead atoms. The lowest BCUT2D eigenvalue weighted by atomic mass is 9.93. The van der Waals surface area contributed by atoms with E-state index in [-0.39, 0.29) is 12.0 Å². The van der Waals surface area contributed by atoms with Crippen LogP contribution in [-0.4, -0.2) is 37.0 Å². The molecule has 0 aromatic carbocycles. The van der Waals surface area contributed by atoms with E-state index in [0.717, 1.165) is 22.6 Å². The summed E-state index contributed by atoms with van der Waals surface area (Å²) in [5, 5.41) is 9.56. The van der Waals surface area contributed by atoms with Crippen LogP contribution in [0.1, 0.15) is 29.5 Å². The summed E-state index contributed by atoms with van der Waals surface area (Å²) in [6.45, 7) is 6.57. The van der Waals surface area contributed by atoms with Crippen LogP contribution >= 0.6 is 11.3 Å². The second-order valence-electron chi connectivity index (χ2n) is 5.26. The maximum absolute atomic E-state index is 12.6. The number of aryl methyl sites for hydroxylation is 2. The van der Waals surface area contributed by atoms with Crippen molar-refractivity contribution < 1.29 is 13.5 Å². The normalized spacial score (nSPS) is 20.6. The van der Waals surface area contributed by atoms with Gasteiger partial charge in [-0.2, -0.15) is 4.31 Å². The van der Waals surface area contributed by atoms with E-state index >= 15 is 0 Å². The maximum atomic E-state index is 12.6. The first-order valence-corrected chi connectivity index (χ1v) is 8.83. The van der Waals surface area contributed by atoms with E-state index in [1.54, 1.807) is 17.3 Å². The Bertz CT molecular complexity index is 540. The van der Waals surface area contributed by atoms with Gasteiger partial charge in [-0.3, -0.25) is 0 Å². The molecule has 108 valence electrons. The van der Waals surface area contributed by atoms with Crippen LogP contribution in [-0.2, 0) is 10.0 Å². The van der Waals surface area contributed by atoms with E-state index in [0.29, 0.717) is 18.0 Å². The van der Waals surface area contributed by atoms with Gasteiger partial charge < -0.3 is 5.11 Å². The Morgan fingerprint density at radius 2 is 1.95 bits per heavy atom. The first kappa shape index (κ1) is 15.0. The molecule has 19 heavy (non-hydrogen) atoms. The van der Waals surface area contributed by atoms with E-state index < -0.39 is 10.0 Å². The van der Waals surface area contributed by atoms with Gasteiger partial charge in [-0.25, -0.2) is 8.42 Å². The smallest absolute Gasteiger partial charge is 0.244 e. The average Bonchev–Trinajstić information content (AvgIpc) is 2.69. The Labute approximate surface area is 119 Å². The molecule has 1 atom stereocenters. The summed E-state index contributed by atoms with van der Waals surface area (Å²) < 4.78 is 26.7. The topological polar surface area (TPSA) is 57.6 Å². The van der Waals surface area contributed by atoms with Gasteiger partial charge >= 0.3 is 0 Å². The summed E-state index contributed by atoms with van der Waals surface area (Å²) >= 11 is 1.52. The van der Waals surface area contributed by atoms with Crippen LogP contribution in [0.4, 0.5) is 0 Å². The van der Waals surface area contributed by atoms with E-state index in [9.17, 15) is 13.5 Å². The molecule has 0 radical (unpaired) electrons. The summed E-state index contributed by atoms with van der Waals surface area (Å²) in [7, 11) is -3.36. The lowest BCUT2D eigenvalue weighted by Gasteiger charge is -2.32. The predicted octanol–water partition coefficient (Wildman–Crippen LogP) is 2.15. The van der Waals surface area contributed by atoms with Crippen molar-refractivity contribution in [2.45, 2.75) is 44.6 Å². The van der Waals surface area contributed by atoms with Crippen molar-refractivity contribution in [1.29, 1.82) is 0 Å². The van der Waals surface area contributed by atoms with Crippen molar-refractivity contribution in [3.05, 3.63) is 15.8 Å². The SMILES string of the molecule is Cc1cc(S(=O)(=O)N2CCC(C(C)O)CC2)c(C)s1. The standard InChI is InChI=1S/C13H21NO3S2/c1-9-8-13(11(3)18-9)19(16,17)14-6-4-12(5-7-14)10(2)15/h8,10,12,15H,4-7H2,1-3H3. The molecular weight excluding hydrogens is 282 g/mol. The fourth-order valence-electron chi connectivity index (χ4n) is 2.60. The average molecular weight is 303 g/mol. The number of aliphatic hydroxyl groups is 1. The number of sulfonamides is 1. The monoisotopic (exact) mass is 303 g/mol. The molecule has 1 aliphatic heterocycles. The molecule has 0 spiro atoms. The minimum Gasteiger partial charge on any atom is -0.393 e. The van der Waals surface area contributed by atoms with Gasteiger partial charge in [0.25, 0.3) is 0 Å². The van der Waals surface area contributed by atoms with Crippen molar-refractivity contribution in [2.24, 2.45) is 5.92 Å². The fourth-order valence-corrected chi connectivity index (χ4v) is 5.59. The maximum Gasteiger partial charge on any atom is 0.244 e. The molecule has 1 aliphatic rings. The van der Waals surface area contributed by atoms with Crippen molar-refractivity contribution in [2.75, 3.05) is 13.1 Å². The fraction of sp³-hybridized carbons (Fsp3) is 0.692. The summed E-state index contributed by atoms with van der Waals surface area (Å²) in [5.74, 6) is 0.219. The Kier molecular flexibility index (Phi) is 4.35. The number of nitrogens with zero attached hydrogens (tertiary/aromatic N) is 1. The Balaban J connectivity index is 2.16. The Hall–Kier alpha value is -0.430. The minimum atomic E-state index is -3.36. The van der Waals surface area contributed by atoms with Gasteiger partial charge in [0.05, 0.1) is 11.0 Å². The van der Waals surface area contributed by atoms with Gasteiger partial charge in [0.2, 0.25) is 10.0 Å². The van der Waals surface area contributed by atoms with E-state index in [4.69, 9.17) is 0 Å². The summed E-state index contributed by atoms with van der Waals surface area (Å²) in [6, 6.07) is 1.76. The first-order valence-electron chi connectivity index (χ1n) is 6.57. The van der Waals surface area contributed by atoms with Gasteiger partial charge in [-0.1, -0.05) is 0 Å². The zero-order valence-corrected chi connectivity index (χ0v) is 13.2. The molecule has 1 aromatic heterocycles. The third kappa shape index (κ3) is 3.02. The molecule has 1 saturated heterocycles. The number of aliphatic hydroxyl groups excluding tert-OH is 1. The minimum absolute atomic E-state index is 0.219. The van der Waals surface area contributed by atoms with Gasteiger partial charge in [0.15, 0.2) is 0 Å². The molecule has 4 nitrogen and oxygen atoms in total. The summed E-state index contributed by atoms with van der Waals surface area (Å²) in [4.78, 5) is 2.33. The van der Waals surface area contributed by atoms with Crippen LogP contribution in [0.3, 0.4) is 0 Å². The zero-order chi connectivity index (χ0) is 14.2. The van der Waals surface area contributed by atoms with Crippen molar-refractivity contribution in [3.8, 4) is 0 Å². The quantitative estimate of drug-likeness (QED) is 0.931. The summed E-state index contributed by atoms with van der Waals surface area (Å²) in [6.07, 6.45) is 1.12. The highest BCUT2D eigenvalue weighted by molar-refractivity contribution is 7.89. The van der Waals surface area contributed by atoms with E-state index in [1.165, 1.54) is 11.3 Å². The summed E-state index contributed by atoms with van der Waals surface area (Å²) in [5.41, 5.74) is 0. The lowest BCUT2D eigenvalue weighted by Crippen LogP contribution is -2.40. The van der Waals surface area contributed by atoms with Crippen molar-refractivity contribution >= 4 is 21.4 Å². The van der Waals surface area contributed by atoms with Gasteiger partial charge in [-0.05, 0) is 45.6 Å². The van der Waals surface area contributed by atoms with Crippen LogP contribution in [0.25, 0.3) is 0 Å². The van der Waals surface area contributed by atoms with Crippen LogP contribution < -0.4 is 0 Å². The second-order valence-corrected chi connectivity index (χ2v) is 8.63. The van der Waals surface area contributed by atoms with Crippen molar-refractivity contribution in [1.82, 2.24) is 4.31 Å². The molecule has 1 N–H and O–H groups in total. The molecule has 6 heteroatoms. The number of piperidine rings is 1. The number of hydrogen-bond acceptors (Lipinski definition) is 4. The molecule has 1 aromatic rings. The Morgan fingerprint density at radius 1 is 1.37 bits per heavy atom. The number of hydrogen-bond donors (Lipinski definition) is 1. The van der Waals surface area contributed by atoms with Crippen LogP contribution in [0.5, 0.6) is 0 Å². The third-order valence-corrected chi connectivity index (χ3v) is 6.91. The number of thiophene rings is 1. The zero-order valence-electron chi connectivity index (χ0n) is 11.6. The largest absolute Gasteiger partial charge is 0.393 e. The predicted molar refractivity (Wildman–Crippen MR) is 77.0 cm³/mol. The van der Waals surface area contributed by atoms with Gasteiger partial charge in [0, 0.05) is 22.8 Å². The molecule has 0 aliphatic carbocycles. The van der Waals surface area contributed by atoms with Crippen LogP contribution in [0, 0.1) is 19.8 Å². The van der Waals surface area contributed by atoms with Gasteiger partial charge in [0.1, 0.15) is 0 Å². The molecular formula is C13H21NO3S2. The molecule has 0 saturated carbocycles. The third-order valence-electron chi connectivity index (χ3n) is 3.79. The highest BCUT2D eigenvalue weighted by atomic mass is 32.2. The molecule has 2 rings (SSSR count). The lowest BCUT2D eigenvalue weighted by molar-refractivity contribution is 0.0912. The number of rotatable bonds is 3. The highest BCUT2D eigenvalue weighted by Gasteiger charge is 2.32. The van der Waals surface area contributed by atoms with Crippen LogP contribution in [0.15, 0.2) is 11.0 Å². The van der Waals surface area contributed by atoms with Gasteiger partial charge in [-0.15, -0.1) is 11.3 Å². The molecule has 2 heterocycles. The Morgan fingerprint density at radius 3 is 2.37 bits per heavy atom. The van der Waals surface area contributed by atoms with E-state index in [1.807, 2.05) is 13.8 Å². The molecule has 0 amide bonds. The van der Waals surface area contributed by atoms with Crippen molar-refractivity contribution in [3.63, 3.8) is 0 Å².